The van der Waals surface area contributed by atoms with Crippen LogP contribution in [-0.4, -0.2) is 54.8 Å². The molecule has 0 aromatic carbocycles. The van der Waals surface area contributed by atoms with Gasteiger partial charge in [0.1, 0.15) is 5.52 Å². The number of aryl methyl sites for hydroxylation is 1. The molecule has 0 spiro atoms. The number of nitrogens with one attached hydrogen (secondary N) is 1. The van der Waals surface area contributed by atoms with Crippen molar-refractivity contribution < 1.29 is 9.47 Å². The number of anilines is 1. The lowest BCUT2D eigenvalue weighted by Crippen LogP contribution is -2.39. The van der Waals surface area contributed by atoms with Gasteiger partial charge in [0.05, 0.1) is 25.4 Å². The molecule has 0 atom stereocenters. The summed E-state index contributed by atoms with van der Waals surface area (Å²) in [5, 5.41) is 3.82. The molecule has 6 heteroatoms. The van der Waals surface area contributed by atoms with E-state index in [-0.39, 0.29) is 0 Å². The Kier molecular flexibility index (Phi) is 5.54. The quantitative estimate of drug-likeness (QED) is 0.778. The van der Waals surface area contributed by atoms with E-state index in [1.165, 1.54) is 11.3 Å². The Morgan fingerprint density at radius 2 is 2.04 bits per heavy atom. The molecule has 2 aliphatic rings. The number of aromatic nitrogens is 2. The molecular formula is C22H28N4O2. The Morgan fingerprint density at radius 1 is 1.21 bits per heavy atom. The normalized spacial score (nSPS) is 17.3. The predicted octanol–water partition coefficient (Wildman–Crippen LogP) is 3.04. The summed E-state index contributed by atoms with van der Waals surface area (Å²) in [6.07, 6.45) is 11.7. The fourth-order valence-corrected chi connectivity index (χ4v) is 4.32. The minimum Gasteiger partial charge on any atom is -0.491 e. The summed E-state index contributed by atoms with van der Waals surface area (Å²) in [5.74, 6) is 3.86. The van der Waals surface area contributed by atoms with E-state index in [1.807, 2.05) is 6.07 Å². The molecule has 2 aromatic rings. The number of hydrogen-bond donors (Lipinski definition) is 1. The van der Waals surface area contributed by atoms with Gasteiger partial charge >= 0.3 is 0 Å². The number of pyridine rings is 2. The molecular weight excluding hydrogens is 352 g/mol. The summed E-state index contributed by atoms with van der Waals surface area (Å²) in [5.41, 5.74) is 5.40. The number of fused-ring (bicyclic) bond motifs is 2. The summed E-state index contributed by atoms with van der Waals surface area (Å²) in [4.78, 5) is 12.1. The summed E-state index contributed by atoms with van der Waals surface area (Å²) < 4.78 is 10.9. The molecule has 1 aliphatic heterocycles. The van der Waals surface area contributed by atoms with Crippen molar-refractivity contribution >= 4 is 16.7 Å². The van der Waals surface area contributed by atoms with Crippen molar-refractivity contribution in [2.24, 2.45) is 0 Å². The number of rotatable bonds is 6. The zero-order chi connectivity index (χ0) is 19.5. The third-order valence-corrected chi connectivity index (χ3v) is 5.84. The minimum absolute atomic E-state index is 0.437. The van der Waals surface area contributed by atoms with E-state index < -0.39 is 0 Å². The van der Waals surface area contributed by atoms with Crippen molar-refractivity contribution in [3.63, 3.8) is 0 Å². The van der Waals surface area contributed by atoms with Gasteiger partial charge in [0, 0.05) is 43.9 Å². The van der Waals surface area contributed by atoms with Gasteiger partial charge in [0.15, 0.2) is 5.75 Å². The molecule has 6 nitrogen and oxygen atoms in total. The number of piperidine rings is 1. The van der Waals surface area contributed by atoms with Crippen LogP contribution in [0.3, 0.4) is 0 Å². The van der Waals surface area contributed by atoms with Gasteiger partial charge in [-0.2, -0.15) is 0 Å². The Hall–Kier alpha value is -2.52. The second-order valence-electron chi connectivity index (χ2n) is 7.55. The third-order valence-electron chi connectivity index (χ3n) is 5.84. The van der Waals surface area contributed by atoms with Crippen molar-refractivity contribution in [2.75, 3.05) is 39.2 Å². The molecule has 148 valence electrons. The van der Waals surface area contributed by atoms with E-state index in [0.717, 1.165) is 74.9 Å². The molecule has 1 aliphatic carbocycles. The first kappa shape index (κ1) is 18.8. The van der Waals surface area contributed by atoms with Gasteiger partial charge in [-0.3, -0.25) is 4.98 Å². The molecule has 4 rings (SSSR count). The maximum Gasteiger partial charge on any atom is 0.257 e. The maximum absolute atomic E-state index is 5.45. The molecule has 0 amide bonds. The maximum atomic E-state index is 5.45. The smallest absolute Gasteiger partial charge is 0.257 e. The highest BCUT2D eigenvalue weighted by molar-refractivity contribution is 5.92. The number of terminal acetylenes is 1. The second kappa shape index (κ2) is 8.24. The molecule has 1 N–H and O–H groups in total. The molecule has 2 aromatic heterocycles. The first-order chi connectivity index (χ1) is 13.7. The Balaban J connectivity index is 1.64. The van der Waals surface area contributed by atoms with Gasteiger partial charge < -0.3 is 19.7 Å². The molecule has 0 unspecified atom stereocenters. The lowest BCUT2D eigenvalue weighted by Gasteiger charge is -2.33. The van der Waals surface area contributed by atoms with E-state index >= 15 is 0 Å². The van der Waals surface area contributed by atoms with Gasteiger partial charge in [-0.15, -0.1) is 12.3 Å². The van der Waals surface area contributed by atoms with E-state index in [9.17, 15) is 0 Å². The van der Waals surface area contributed by atoms with Crippen LogP contribution in [0, 0.1) is 12.3 Å². The van der Waals surface area contributed by atoms with Gasteiger partial charge in [0.2, 0.25) is 0 Å². The van der Waals surface area contributed by atoms with E-state index in [1.54, 1.807) is 14.2 Å². The van der Waals surface area contributed by atoms with Crippen LogP contribution in [0.5, 0.6) is 11.6 Å². The van der Waals surface area contributed by atoms with Crippen LogP contribution in [0.1, 0.15) is 36.9 Å². The number of nitrogens with zero attached hydrogens (tertiary/aromatic N) is 3. The topological polar surface area (TPSA) is 59.5 Å². The van der Waals surface area contributed by atoms with Crippen molar-refractivity contribution in [2.45, 2.75) is 44.6 Å². The summed E-state index contributed by atoms with van der Waals surface area (Å²) in [7, 11) is 3.25. The van der Waals surface area contributed by atoms with Crippen molar-refractivity contribution in [3.8, 4) is 24.0 Å². The van der Waals surface area contributed by atoms with E-state index in [2.05, 4.69) is 16.1 Å². The number of likely N-dealkylation sites (tertiary alicyclic amines) is 1. The second-order valence-corrected chi connectivity index (χ2v) is 7.55. The minimum atomic E-state index is 0.437. The van der Waals surface area contributed by atoms with Crippen molar-refractivity contribution in [1.29, 1.82) is 0 Å². The van der Waals surface area contributed by atoms with Crippen LogP contribution in [0.4, 0.5) is 5.69 Å². The van der Waals surface area contributed by atoms with Crippen molar-refractivity contribution in [3.05, 3.63) is 17.3 Å². The highest BCUT2D eigenvalue weighted by Crippen LogP contribution is 2.38. The summed E-state index contributed by atoms with van der Waals surface area (Å²) in [6, 6.07) is 2.38. The van der Waals surface area contributed by atoms with E-state index in [0.29, 0.717) is 17.7 Å². The van der Waals surface area contributed by atoms with Crippen LogP contribution in [0.15, 0.2) is 6.07 Å². The third kappa shape index (κ3) is 3.59. The molecule has 0 radical (unpaired) electrons. The highest BCUT2D eigenvalue weighted by atomic mass is 16.5. The summed E-state index contributed by atoms with van der Waals surface area (Å²) in [6.45, 7) is 3.15. The van der Waals surface area contributed by atoms with Crippen LogP contribution < -0.4 is 14.8 Å². The largest absolute Gasteiger partial charge is 0.491 e. The van der Waals surface area contributed by atoms with Gasteiger partial charge in [-0.25, -0.2) is 4.98 Å². The Morgan fingerprint density at radius 3 is 2.75 bits per heavy atom. The fraction of sp³-hybridized carbons (Fsp3) is 0.545. The monoisotopic (exact) mass is 380 g/mol. The molecule has 1 fully saturated rings. The lowest BCUT2D eigenvalue weighted by atomic mass is 10.0. The van der Waals surface area contributed by atoms with Crippen LogP contribution in [0.2, 0.25) is 0 Å². The predicted molar refractivity (Wildman–Crippen MR) is 111 cm³/mol. The lowest BCUT2D eigenvalue weighted by molar-refractivity contribution is 0.224. The fourth-order valence-electron chi connectivity index (χ4n) is 4.32. The Labute approximate surface area is 166 Å². The number of ether oxygens (including phenoxy) is 2. The summed E-state index contributed by atoms with van der Waals surface area (Å²) >= 11 is 0. The molecule has 28 heavy (non-hydrogen) atoms. The zero-order valence-corrected chi connectivity index (χ0v) is 16.8. The highest BCUT2D eigenvalue weighted by Gasteiger charge is 2.25. The molecule has 0 saturated carbocycles. The molecule has 3 heterocycles. The zero-order valence-electron chi connectivity index (χ0n) is 16.8. The van der Waals surface area contributed by atoms with Gasteiger partial charge in [-0.1, -0.05) is 0 Å². The molecule has 0 bridgehead atoms. The molecule has 1 saturated heterocycles. The first-order valence-electron chi connectivity index (χ1n) is 10.1. The average molecular weight is 380 g/mol. The van der Waals surface area contributed by atoms with Gasteiger partial charge in [0.25, 0.3) is 5.88 Å². The van der Waals surface area contributed by atoms with Crippen LogP contribution >= 0.6 is 0 Å². The van der Waals surface area contributed by atoms with Gasteiger partial charge in [-0.05, 0) is 37.7 Å². The average Bonchev–Trinajstić information content (AvgIpc) is 3.20. The standard InChI is InChI=1S/C22H28N4O2/c1-4-5-11-26-12-9-15(10-13-26)23-20-16-7-6-8-17(16)24-18-14-19(27-2)22(28-3)25-21(18)20/h1,14-15H,5-13H2,2-3H3,(H,23,24). The SMILES string of the molecule is C#CCCN1CCC(Nc2c3c(nc4cc(OC)c(OC)nc24)CCC3)CC1. The first-order valence-corrected chi connectivity index (χ1v) is 10.1. The Bertz CT molecular complexity index is 898. The number of hydrogen-bond acceptors (Lipinski definition) is 6. The van der Waals surface area contributed by atoms with Crippen LogP contribution in [-0.2, 0) is 12.8 Å². The van der Waals surface area contributed by atoms with Crippen molar-refractivity contribution in [1.82, 2.24) is 14.9 Å². The van der Waals surface area contributed by atoms with E-state index in [4.69, 9.17) is 25.9 Å². The number of methoxy groups -OCH3 is 2. The van der Waals surface area contributed by atoms with Crippen LogP contribution in [0.25, 0.3) is 11.0 Å².